The Morgan fingerprint density at radius 2 is 1.90 bits per heavy atom. The van der Waals surface area contributed by atoms with Crippen LogP contribution in [-0.4, -0.2) is 12.5 Å². The van der Waals surface area contributed by atoms with Crippen molar-refractivity contribution in [3.05, 3.63) is 82.7 Å². The molecule has 0 aliphatic heterocycles. The minimum Gasteiger partial charge on any atom is -0.352 e. The van der Waals surface area contributed by atoms with Crippen LogP contribution in [0.5, 0.6) is 0 Å². The van der Waals surface area contributed by atoms with Crippen LogP contribution in [0.25, 0.3) is 0 Å². The fraction of sp³-hybridized carbons (Fsp3) is 0.118. The zero-order chi connectivity index (χ0) is 13.9. The van der Waals surface area contributed by atoms with Gasteiger partial charge in [0.05, 0.1) is 0 Å². The minimum atomic E-state index is -0.242. The summed E-state index contributed by atoms with van der Waals surface area (Å²) < 4.78 is 12.8. The maximum absolute atomic E-state index is 12.8. The summed E-state index contributed by atoms with van der Waals surface area (Å²) in [5.74, 6) is -0.304. The molecule has 2 aliphatic rings. The van der Waals surface area contributed by atoms with Gasteiger partial charge in [-0.25, -0.2) is 4.39 Å². The third-order valence-corrected chi connectivity index (χ3v) is 3.43. The second kappa shape index (κ2) is 5.29. The van der Waals surface area contributed by atoms with Crippen LogP contribution >= 0.6 is 0 Å². The molecule has 3 rings (SSSR count). The van der Waals surface area contributed by atoms with Crippen molar-refractivity contribution in [2.75, 3.05) is 6.54 Å². The van der Waals surface area contributed by atoms with Gasteiger partial charge in [0.1, 0.15) is 5.82 Å². The molecular weight excluding hydrogens is 253 g/mol. The quantitative estimate of drug-likeness (QED) is 0.893. The average Bonchev–Trinajstić information content (AvgIpc) is 3.03. The minimum absolute atomic E-state index is 0.0617. The van der Waals surface area contributed by atoms with E-state index in [1.165, 1.54) is 12.1 Å². The maximum Gasteiger partial charge on any atom is 0.251 e. The summed E-state index contributed by atoms with van der Waals surface area (Å²) in [6, 6.07) is 6.34. The van der Waals surface area contributed by atoms with E-state index in [1.807, 2.05) is 30.4 Å². The first-order valence-electron chi connectivity index (χ1n) is 6.58. The molecule has 100 valence electrons. The number of hydrogen-bond donors (Lipinski definition) is 1. The smallest absolute Gasteiger partial charge is 0.251 e. The number of halogens is 1. The molecular formula is C17H14FNO. The number of fused-ring (bicyclic) bond motifs is 1. The average molecular weight is 267 g/mol. The van der Waals surface area contributed by atoms with Crippen molar-refractivity contribution in [3.63, 3.8) is 0 Å². The van der Waals surface area contributed by atoms with Gasteiger partial charge in [-0.3, -0.25) is 4.79 Å². The fourth-order valence-corrected chi connectivity index (χ4v) is 2.35. The van der Waals surface area contributed by atoms with E-state index in [4.69, 9.17) is 0 Å². The number of nitrogens with one attached hydrogen (secondary N) is 1. The van der Waals surface area contributed by atoms with Crippen LogP contribution in [0.15, 0.2) is 71.4 Å². The molecule has 0 radical (unpaired) electrons. The summed E-state index contributed by atoms with van der Waals surface area (Å²) in [5.41, 5.74) is 3.80. The first-order valence-corrected chi connectivity index (χ1v) is 6.58. The Labute approximate surface area is 117 Å². The van der Waals surface area contributed by atoms with Crippen LogP contribution in [0, 0.1) is 5.82 Å². The molecule has 0 bridgehead atoms. The molecule has 0 saturated heterocycles. The van der Waals surface area contributed by atoms with E-state index in [9.17, 15) is 9.18 Å². The van der Waals surface area contributed by atoms with Gasteiger partial charge in [-0.2, -0.15) is 0 Å². The molecule has 2 aliphatic carbocycles. The molecule has 0 fully saturated rings. The normalized spacial score (nSPS) is 15.6. The zero-order valence-corrected chi connectivity index (χ0v) is 10.9. The fourth-order valence-electron chi connectivity index (χ4n) is 2.35. The van der Waals surface area contributed by atoms with E-state index in [-0.39, 0.29) is 11.7 Å². The van der Waals surface area contributed by atoms with Crippen molar-refractivity contribution in [1.82, 2.24) is 5.32 Å². The van der Waals surface area contributed by atoms with E-state index in [2.05, 4.69) is 5.32 Å². The van der Waals surface area contributed by atoms with Crippen molar-refractivity contribution < 1.29 is 9.18 Å². The molecule has 0 unspecified atom stereocenters. The number of amides is 1. The van der Waals surface area contributed by atoms with Crippen LogP contribution in [0.3, 0.4) is 0 Å². The molecule has 20 heavy (non-hydrogen) atoms. The van der Waals surface area contributed by atoms with Gasteiger partial charge in [0.15, 0.2) is 0 Å². The first-order chi connectivity index (χ1) is 9.74. The van der Waals surface area contributed by atoms with Crippen LogP contribution in [0.4, 0.5) is 4.39 Å². The molecule has 0 atom stereocenters. The Kier molecular flexibility index (Phi) is 3.33. The number of carbonyl (C=O) groups is 1. The highest BCUT2D eigenvalue weighted by molar-refractivity contribution is 6.00. The van der Waals surface area contributed by atoms with Crippen molar-refractivity contribution in [1.29, 1.82) is 0 Å². The maximum atomic E-state index is 12.8. The molecule has 1 aromatic rings. The number of carbonyl (C=O) groups excluding carboxylic acids is 1. The van der Waals surface area contributed by atoms with Crippen molar-refractivity contribution >= 4 is 5.91 Å². The number of allylic oxidation sites excluding steroid dienone is 6. The molecule has 0 saturated carbocycles. The lowest BCUT2D eigenvalue weighted by Crippen LogP contribution is -2.26. The monoisotopic (exact) mass is 267 g/mol. The second-order valence-corrected chi connectivity index (χ2v) is 4.77. The summed E-state index contributed by atoms with van der Waals surface area (Å²) in [6.45, 7) is 0.540. The van der Waals surface area contributed by atoms with Gasteiger partial charge in [-0.15, -0.1) is 0 Å². The molecule has 0 aromatic heterocycles. The van der Waals surface area contributed by atoms with E-state index in [1.54, 1.807) is 12.1 Å². The molecule has 3 heteroatoms. The Morgan fingerprint density at radius 3 is 2.70 bits per heavy atom. The summed E-state index contributed by atoms with van der Waals surface area (Å²) in [6.07, 6.45) is 10.4. The third kappa shape index (κ3) is 2.48. The summed E-state index contributed by atoms with van der Waals surface area (Å²) >= 11 is 0. The summed E-state index contributed by atoms with van der Waals surface area (Å²) in [7, 11) is 0. The largest absolute Gasteiger partial charge is 0.352 e. The first kappa shape index (κ1) is 12.6. The van der Waals surface area contributed by atoms with Crippen molar-refractivity contribution in [2.45, 2.75) is 6.42 Å². The molecule has 2 nitrogen and oxygen atoms in total. The Morgan fingerprint density at radius 1 is 1.10 bits per heavy atom. The van der Waals surface area contributed by atoms with Gasteiger partial charge in [-0.1, -0.05) is 36.4 Å². The Bertz CT molecular complexity index is 663. The lowest BCUT2D eigenvalue weighted by molar-refractivity contribution is -0.117. The number of hydrogen-bond acceptors (Lipinski definition) is 1. The lowest BCUT2D eigenvalue weighted by Gasteiger charge is -2.06. The molecule has 0 heterocycles. The lowest BCUT2D eigenvalue weighted by atomic mass is 10.1. The topological polar surface area (TPSA) is 29.1 Å². The molecule has 1 amide bonds. The van der Waals surface area contributed by atoms with Gasteiger partial charge >= 0.3 is 0 Å². The van der Waals surface area contributed by atoms with E-state index in [0.717, 1.165) is 16.7 Å². The summed E-state index contributed by atoms with van der Waals surface area (Å²) in [5, 5.41) is 2.90. The highest BCUT2D eigenvalue weighted by Gasteiger charge is 2.19. The Hall–Kier alpha value is -2.42. The highest BCUT2D eigenvalue weighted by Crippen LogP contribution is 2.29. The molecule has 1 N–H and O–H groups in total. The van der Waals surface area contributed by atoms with Crippen LogP contribution in [-0.2, 0) is 11.2 Å². The van der Waals surface area contributed by atoms with Crippen LogP contribution in [0.1, 0.15) is 5.56 Å². The third-order valence-electron chi connectivity index (χ3n) is 3.43. The predicted octanol–water partition coefficient (Wildman–Crippen LogP) is 2.85. The summed E-state index contributed by atoms with van der Waals surface area (Å²) in [4.78, 5) is 12.1. The van der Waals surface area contributed by atoms with Crippen molar-refractivity contribution in [3.8, 4) is 0 Å². The molecule has 0 spiro atoms. The predicted molar refractivity (Wildman–Crippen MR) is 76.5 cm³/mol. The standard InChI is InChI=1S/C17H14FNO/c18-14-7-4-12(5-8-14)10-11-19-17(20)16-9-6-13-2-1-3-15(13)16/h1-9H,10-11H2,(H,19,20). The van der Waals surface area contributed by atoms with Gasteiger partial charge in [0, 0.05) is 12.1 Å². The van der Waals surface area contributed by atoms with E-state index in [0.29, 0.717) is 18.5 Å². The highest BCUT2D eigenvalue weighted by atomic mass is 19.1. The Balaban J connectivity index is 1.57. The van der Waals surface area contributed by atoms with E-state index >= 15 is 0 Å². The van der Waals surface area contributed by atoms with Gasteiger partial charge in [0.25, 0.3) is 5.91 Å². The number of benzene rings is 1. The van der Waals surface area contributed by atoms with Crippen LogP contribution < -0.4 is 5.32 Å². The van der Waals surface area contributed by atoms with Gasteiger partial charge < -0.3 is 5.32 Å². The molecule has 1 aromatic carbocycles. The van der Waals surface area contributed by atoms with Gasteiger partial charge in [0.2, 0.25) is 0 Å². The second-order valence-electron chi connectivity index (χ2n) is 4.77. The van der Waals surface area contributed by atoms with Crippen LogP contribution in [0.2, 0.25) is 0 Å². The van der Waals surface area contributed by atoms with Crippen molar-refractivity contribution in [2.24, 2.45) is 0 Å². The zero-order valence-electron chi connectivity index (χ0n) is 10.9. The SMILES string of the molecule is O=C(NCCc1ccc(F)cc1)C1=C2C=CC=C2C=C1. The number of rotatable bonds is 4. The van der Waals surface area contributed by atoms with E-state index < -0.39 is 0 Å². The van der Waals surface area contributed by atoms with Gasteiger partial charge in [-0.05, 0) is 41.3 Å².